The van der Waals surface area contributed by atoms with Crippen molar-refractivity contribution in [3.8, 4) is 0 Å². The first-order chi connectivity index (χ1) is 8.71. The first-order valence-electron chi connectivity index (χ1n) is 6.62. The van der Waals surface area contributed by atoms with Crippen molar-refractivity contribution < 1.29 is 5.11 Å². The maximum atomic E-state index is 9.04. The number of aliphatic hydroxyl groups excluding tert-OH is 1. The largest absolute Gasteiger partial charge is 0.396 e. The van der Waals surface area contributed by atoms with Crippen molar-refractivity contribution in [2.75, 3.05) is 30.8 Å². The second kappa shape index (κ2) is 5.52. The van der Waals surface area contributed by atoms with Gasteiger partial charge in [0.25, 0.3) is 0 Å². The highest BCUT2D eigenvalue weighted by atomic mass is 16.3. The molecule has 100 valence electrons. The van der Waals surface area contributed by atoms with Crippen molar-refractivity contribution in [2.24, 2.45) is 5.41 Å². The molecular weight excluding hydrogens is 228 g/mol. The average molecular weight is 250 g/mol. The minimum absolute atomic E-state index is 0.271. The standard InChI is InChI=1S/C13H22N4O/c1-3-10-16-11(14-2)8-12(17-10)15-9-13(4-5-13)6-7-18/h8,18H,3-7,9H2,1-2H3,(H2,14,15,16,17). The lowest BCUT2D eigenvalue weighted by Gasteiger charge is -2.15. The van der Waals surface area contributed by atoms with Crippen LogP contribution in [0, 0.1) is 5.41 Å². The molecule has 1 aromatic heterocycles. The van der Waals surface area contributed by atoms with Gasteiger partial charge >= 0.3 is 0 Å². The van der Waals surface area contributed by atoms with Crippen LogP contribution in [0.5, 0.6) is 0 Å². The van der Waals surface area contributed by atoms with E-state index in [4.69, 9.17) is 5.11 Å². The van der Waals surface area contributed by atoms with Gasteiger partial charge in [-0.3, -0.25) is 0 Å². The highest BCUT2D eigenvalue weighted by molar-refractivity contribution is 5.47. The Labute approximate surface area is 108 Å². The first-order valence-corrected chi connectivity index (χ1v) is 6.62. The molecule has 0 radical (unpaired) electrons. The van der Waals surface area contributed by atoms with Crippen LogP contribution in [0.3, 0.4) is 0 Å². The molecule has 1 saturated carbocycles. The molecule has 0 amide bonds. The second-order valence-electron chi connectivity index (χ2n) is 4.99. The van der Waals surface area contributed by atoms with Crippen molar-refractivity contribution >= 4 is 11.6 Å². The van der Waals surface area contributed by atoms with Crippen molar-refractivity contribution in [3.05, 3.63) is 11.9 Å². The summed E-state index contributed by atoms with van der Waals surface area (Å²) in [6.45, 7) is 3.21. The Morgan fingerprint density at radius 1 is 1.33 bits per heavy atom. The van der Waals surface area contributed by atoms with Gasteiger partial charge in [0.15, 0.2) is 0 Å². The van der Waals surface area contributed by atoms with E-state index in [1.165, 1.54) is 12.8 Å². The summed E-state index contributed by atoms with van der Waals surface area (Å²) in [5.41, 5.74) is 0.298. The molecule has 1 aliphatic rings. The molecule has 0 aromatic carbocycles. The van der Waals surface area contributed by atoms with Gasteiger partial charge in [0.1, 0.15) is 17.5 Å². The number of aryl methyl sites for hydroxylation is 1. The Balaban J connectivity index is 2.00. The number of nitrogens with zero attached hydrogens (tertiary/aromatic N) is 2. The van der Waals surface area contributed by atoms with Crippen molar-refractivity contribution in [1.29, 1.82) is 0 Å². The molecule has 1 fully saturated rings. The molecular formula is C13H22N4O. The van der Waals surface area contributed by atoms with Gasteiger partial charge in [-0.05, 0) is 24.7 Å². The van der Waals surface area contributed by atoms with E-state index in [0.29, 0.717) is 5.41 Å². The Morgan fingerprint density at radius 2 is 2.06 bits per heavy atom. The van der Waals surface area contributed by atoms with Gasteiger partial charge in [0, 0.05) is 32.7 Å². The molecule has 1 aromatic rings. The molecule has 1 heterocycles. The maximum absolute atomic E-state index is 9.04. The summed E-state index contributed by atoms with van der Waals surface area (Å²) in [5.74, 6) is 2.56. The number of hydrogen-bond acceptors (Lipinski definition) is 5. The van der Waals surface area contributed by atoms with Crippen LogP contribution in [-0.4, -0.2) is 35.3 Å². The highest BCUT2D eigenvalue weighted by Crippen LogP contribution is 2.48. The van der Waals surface area contributed by atoms with E-state index >= 15 is 0 Å². The molecule has 0 spiro atoms. The summed E-state index contributed by atoms with van der Waals surface area (Å²) in [5, 5.41) is 15.5. The molecule has 2 rings (SSSR count). The molecule has 0 bridgehead atoms. The molecule has 3 N–H and O–H groups in total. The topological polar surface area (TPSA) is 70.1 Å². The predicted molar refractivity (Wildman–Crippen MR) is 72.8 cm³/mol. The van der Waals surface area contributed by atoms with Gasteiger partial charge in [0.2, 0.25) is 0 Å². The SMILES string of the molecule is CCc1nc(NC)cc(NCC2(CCO)CC2)n1. The molecule has 5 heteroatoms. The lowest BCUT2D eigenvalue weighted by atomic mass is 10.0. The summed E-state index contributed by atoms with van der Waals surface area (Å²) < 4.78 is 0. The third-order valence-electron chi connectivity index (χ3n) is 3.59. The van der Waals surface area contributed by atoms with Crippen LogP contribution in [0.4, 0.5) is 11.6 Å². The molecule has 0 unspecified atom stereocenters. The fraction of sp³-hybridized carbons (Fsp3) is 0.692. The van der Waals surface area contributed by atoms with Crippen LogP contribution in [0.1, 0.15) is 32.0 Å². The number of aromatic nitrogens is 2. The van der Waals surface area contributed by atoms with Gasteiger partial charge in [-0.25, -0.2) is 9.97 Å². The van der Waals surface area contributed by atoms with E-state index < -0.39 is 0 Å². The summed E-state index contributed by atoms with van der Waals surface area (Å²) in [6.07, 6.45) is 4.10. The molecule has 0 atom stereocenters. The quantitative estimate of drug-likeness (QED) is 0.686. The molecule has 5 nitrogen and oxygen atoms in total. The monoisotopic (exact) mass is 250 g/mol. The van der Waals surface area contributed by atoms with E-state index in [-0.39, 0.29) is 6.61 Å². The van der Waals surface area contributed by atoms with Crippen molar-refractivity contribution in [1.82, 2.24) is 9.97 Å². The van der Waals surface area contributed by atoms with E-state index in [2.05, 4.69) is 20.6 Å². The number of anilines is 2. The fourth-order valence-electron chi connectivity index (χ4n) is 2.08. The zero-order valence-electron chi connectivity index (χ0n) is 11.2. The highest BCUT2D eigenvalue weighted by Gasteiger charge is 2.41. The number of rotatable bonds is 7. The predicted octanol–water partition coefficient (Wildman–Crippen LogP) is 1.66. The normalized spacial score (nSPS) is 16.4. The van der Waals surface area contributed by atoms with Crippen LogP contribution in [-0.2, 0) is 6.42 Å². The maximum Gasteiger partial charge on any atom is 0.132 e. The third kappa shape index (κ3) is 3.10. The van der Waals surface area contributed by atoms with Crippen LogP contribution >= 0.6 is 0 Å². The van der Waals surface area contributed by atoms with Gasteiger partial charge in [0.05, 0.1) is 0 Å². The van der Waals surface area contributed by atoms with E-state index in [0.717, 1.165) is 36.8 Å². The zero-order valence-corrected chi connectivity index (χ0v) is 11.2. The molecule has 1 aliphatic carbocycles. The molecule has 0 saturated heterocycles. The Bertz CT molecular complexity index is 382. The third-order valence-corrected chi connectivity index (χ3v) is 3.59. The summed E-state index contributed by atoms with van der Waals surface area (Å²) >= 11 is 0. The van der Waals surface area contributed by atoms with Gasteiger partial charge in [-0.1, -0.05) is 6.92 Å². The zero-order chi connectivity index (χ0) is 13.0. The van der Waals surface area contributed by atoms with Crippen LogP contribution in [0.15, 0.2) is 6.07 Å². The van der Waals surface area contributed by atoms with Crippen molar-refractivity contribution in [3.63, 3.8) is 0 Å². The lowest BCUT2D eigenvalue weighted by Crippen LogP contribution is -2.18. The van der Waals surface area contributed by atoms with Crippen LogP contribution in [0.25, 0.3) is 0 Å². The second-order valence-corrected chi connectivity index (χ2v) is 4.99. The van der Waals surface area contributed by atoms with E-state index in [1.807, 2.05) is 20.0 Å². The Hall–Kier alpha value is -1.36. The smallest absolute Gasteiger partial charge is 0.132 e. The molecule has 18 heavy (non-hydrogen) atoms. The number of aliphatic hydroxyl groups is 1. The van der Waals surface area contributed by atoms with Gasteiger partial charge in [-0.15, -0.1) is 0 Å². The summed E-state index contributed by atoms with van der Waals surface area (Å²) in [4.78, 5) is 8.83. The Kier molecular flexibility index (Phi) is 4.01. The van der Waals surface area contributed by atoms with Gasteiger partial charge in [-0.2, -0.15) is 0 Å². The van der Waals surface area contributed by atoms with E-state index in [9.17, 15) is 0 Å². The minimum atomic E-state index is 0.271. The van der Waals surface area contributed by atoms with Crippen LogP contribution in [0.2, 0.25) is 0 Å². The number of hydrogen-bond donors (Lipinski definition) is 3. The molecule has 0 aliphatic heterocycles. The summed E-state index contributed by atoms with van der Waals surface area (Å²) in [7, 11) is 1.86. The Morgan fingerprint density at radius 3 is 2.61 bits per heavy atom. The first kappa shape index (κ1) is 13.1. The van der Waals surface area contributed by atoms with E-state index in [1.54, 1.807) is 0 Å². The van der Waals surface area contributed by atoms with Crippen LogP contribution < -0.4 is 10.6 Å². The number of nitrogens with one attached hydrogen (secondary N) is 2. The minimum Gasteiger partial charge on any atom is -0.396 e. The average Bonchev–Trinajstić information content (AvgIpc) is 3.16. The van der Waals surface area contributed by atoms with Gasteiger partial charge < -0.3 is 15.7 Å². The lowest BCUT2D eigenvalue weighted by molar-refractivity contribution is 0.253. The summed E-state index contributed by atoms with van der Waals surface area (Å²) in [6, 6.07) is 1.92. The fourth-order valence-corrected chi connectivity index (χ4v) is 2.08. The van der Waals surface area contributed by atoms with Crippen molar-refractivity contribution in [2.45, 2.75) is 32.6 Å².